The monoisotopic (exact) mass is 314 g/mol. The SMILES string of the molecule is COC(=O)c1cc(Cn2ncc3ccccc3c2=O)c(C)s1. The lowest BCUT2D eigenvalue weighted by molar-refractivity contribution is 0.0606. The Labute approximate surface area is 130 Å². The minimum Gasteiger partial charge on any atom is -0.465 e. The van der Waals surface area contributed by atoms with Crippen LogP contribution >= 0.6 is 11.3 Å². The molecule has 2 aromatic heterocycles. The minimum absolute atomic E-state index is 0.136. The highest BCUT2D eigenvalue weighted by molar-refractivity contribution is 7.14. The molecule has 0 unspecified atom stereocenters. The van der Waals surface area contributed by atoms with E-state index in [1.807, 2.05) is 25.1 Å². The molecule has 0 saturated carbocycles. The Balaban J connectivity index is 2.00. The van der Waals surface area contributed by atoms with Crippen molar-refractivity contribution in [1.29, 1.82) is 0 Å². The summed E-state index contributed by atoms with van der Waals surface area (Å²) in [7, 11) is 1.35. The summed E-state index contributed by atoms with van der Waals surface area (Å²) in [5.74, 6) is -0.363. The Morgan fingerprint density at radius 1 is 1.36 bits per heavy atom. The van der Waals surface area contributed by atoms with Crippen molar-refractivity contribution in [3.05, 3.63) is 62.2 Å². The third-order valence-electron chi connectivity index (χ3n) is 3.49. The van der Waals surface area contributed by atoms with Gasteiger partial charge in [-0.3, -0.25) is 4.79 Å². The van der Waals surface area contributed by atoms with E-state index in [2.05, 4.69) is 5.10 Å². The standard InChI is InChI=1S/C16H14N2O3S/c1-10-12(7-14(22-10)16(20)21-2)9-18-15(19)13-6-4-3-5-11(13)8-17-18/h3-8H,9H2,1-2H3. The average Bonchev–Trinajstić information content (AvgIpc) is 2.90. The van der Waals surface area contributed by atoms with E-state index < -0.39 is 0 Å². The lowest BCUT2D eigenvalue weighted by atomic mass is 10.2. The maximum absolute atomic E-state index is 12.5. The smallest absolute Gasteiger partial charge is 0.348 e. The first-order valence-electron chi connectivity index (χ1n) is 6.72. The molecular formula is C16H14N2O3S. The number of fused-ring (bicyclic) bond motifs is 1. The van der Waals surface area contributed by atoms with E-state index in [-0.39, 0.29) is 11.5 Å². The maximum atomic E-state index is 12.5. The number of carbonyl (C=O) groups excluding carboxylic acids is 1. The normalized spacial score (nSPS) is 10.8. The van der Waals surface area contributed by atoms with Gasteiger partial charge in [-0.25, -0.2) is 9.48 Å². The number of hydrogen-bond donors (Lipinski definition) is 0. The van der Waals surface area contributed by atoms with Crippen molar-refractivity contribution in [2.24, 2.45) is 0 Å². The fraction of sp³-hybridized carbons (Fsp3) is 0.188. The molecule has 0 bridgehead atoms. The van der Waals surface area contributed by atoms with Gasteiger partial charge in [0.1, 0.15) is 4.88 Å². The Morgan fingerprint density at radius 3 is 2.91 bits per heavy atom. The van der Waals surface area contributed by atoms with E-state index in [0.717, 1.165) is 15.8 Å². The van der Waals surface area contributed by atoms with E-state index in [1.165, 1.54) is 23.1 Å². The zero-order valence-corrected chi connectivity index (χ0v) is 13.0. The van der Waals surface area contributed by atoms with Crippen LogP contribution in [0, 0.1) is 6.92 Å². The van der Waals surface area contributed by atoms with Gasteiger partial charge in [-0.1, -0.05) is 18.2 Å². The van der Waals surface area contributed by atoms with Gasteiger partial charge in [-0.05, 0) is 24.6 Å². The van der Waals surface area contributed by atoms with E-state index in [1.54, 1.807) is 18.3 Å². The molecule has 2 heterocycles. The van der Waals surface area contributed by atoms with E-state index in [4.69, 9.17) is 4.74 Å². The quantitative estimate of drug-likeness (QED) is 0.697. The number of esters is 1. The van der Waals surface area contributed by atoms with Crippen LogP contribution in [0.1, 0.15) is 20.1 Å². The summed E-state index contributed by atoms with van der Waals surface area (Å²) >= 11 is 1.36. The minimum atomic E-state index is -0.363. The molecule has 0 atom stereocenters. The number of methoxy groups -OCH3 is 1. The molecule has 3 rings (SSSR count). The highest BCUT2D eigenvalue weighted by atomic mass is 32.1. The van der Waals surface area contributed by atoms with Crippen LogP contribution in [0.5, 0.6) is 0 Å². The molecule has 6 heteroatoms. The number of rotatable bonds is 3. The Kier molecular flexibility index (Phi) is 3.77. The van der Waals surface area contributed by atoms with E-state index >= 15 is 0 Å². The largest absolute Gasteiger partial charge is 0.465 e. The number of benzene rings is 1. The first-order valence-corrected chi connectivity index (χ1v) is 7.54. The fourth-order valence-electron chi connectivity index (χ4n) is 2.28. The van der Waals surface area contributed by atoms with Crippen molar-refractivity contribution >= 4 is 28.1 Å². The molecule has 112 valence electrons. The van der Waals surface area contributed by atoms with E-state index in [9.17, 15) is 9.59 Å². The van der Waals surface area contributed by atoms with Gasteiger partial charge < -0.3 is 4.74 Å². The van der Waals surface area contributed by atoms with Crippen LogP contribution in [0.2, 0.25) is 0 Å². The highest BCUT2D eigenvalue weighted by Gasteiger charge is 2.14. The third-order valence-corrected chi connectivity index (χ3v) is 4.56. The summed E-state index contributed by atoms with van der Waals surface area (Å²) in [5.41, 5.74) is 0.763. The third kappa shape index (κ3) is 2.53. The second-order valence-corrected chi connectivity index (χ2v) is 6.13. The van der Waals surface area contributed by atoms with Crippen LogP contribution in [0.25, 0.3) is 10.8 Å². The summed E-state index contributed by atoms with van der Waals surface area (Å²) < 4.78 is 6.14. The molecule has 0 radical (unpaired) electrons. The summed E-state index contributed by atoms with van der Waals surface area (Å²) in [6, 6.07) is 9.11. The van der Waals surface area contributed by atoms with Gasteiger partial charge in [0.05, 0.1) is 25.2 Å². The fourth-order valence-corrected chi connectivity index (χ4v) is 3.23. The van der Waals surface area contributed by atoms with Crippen molar-refractivity contribution in [2.45, 2.75) is 13.5 Å². The molecule has 0 aliphatic heterocycles. The van der Waals surface area contributed by atoms with Crippen LogP contribution < -0.4 is 5.56 Å². The second kappa shape index (κ2) is 5.73. The van der Waals surface area contributed by atoms with Crippen LogP contribution in [0.4, 0.5) is 0 Å². The molecule has 3 aromatic rings. The van der Waals surface area contributed by atoms with Crippen LogP contribution in [0.15, 0.2) is 41.3 Å². The molecule has 0 saturated heterocycles. The van der Waals surface area contributed by atoms with Gasteiger partial charge >= 0.3 is 5.97 Å². The summed E-state index contributed by atoms with van der Waals surface area (Å²) in [4.78, 5) is 25.5. The van der Waals surface area contributed by atoms with Crippen LogP contribution in [0.3, 0.4) is 0 Å². The van der Waals surface area contributed by atoms with Gasteiger partial charge in [0.2, 0.25) is 0 Å². The molecule has 22 heavy (non-hydrogen) atoms. The second-order valence-electron chi connectivity index (χ2n) is 4.88. The van der Waals surface area contributed by atoms with Crippen molar-refractivity contribution in [1.82, 2.24) is 9.78 Å². The van der Waals surface area contributed by atoms with Gasteiger partial charge in [0, 0.05) is 10.3 Å². The predicted molar refractivity (Wildman–Crippen MR) is 85.5 cm³/mol. The molecule has 5 nitrogen and oxygen atoms in total. The lowest BCUT2D eigenvalue weighted by Crippen LogP contribution is -2.23. The first-order chi connectivity index (χ1) is 10.6. The topological polar surface area (TPSA) is 61.2 Å². The Morgan fingerprint density at radius 2 is 2.14 bits per heavy atom. The van der Waals surface area contributed by atoms with Gasteiger partial charge in [-0.2, -0.15) is 5.10 Å². The molecule has 0 aliphatic carbocycles. The van der Waals surface area contributed by atoms with Crippen LogP contribution in [-0.4, -0.2) is 22.9 Å². The summed E-state index contributed by atoms with van der Waals surface area (Å²) in [6.45, 7) is 2.25. The number of aryl methyl sites for hydroxylation is 1. The number of thiophene rings is 1. The zero-order valence-electron chi connectivity index (χ0n) is 12.2. The van der Waals surface area contributed by atoms with E-state index in [0.29, 0.717) is 16.8 Å². The van der Waals surface area contributed by atoms with Crippen molar-refractivity contribution in [2.75, 3.05) is 7.11 Å². The number of carbonyl (C=O) groups is 1. The van der Waals surface area contributed by atoms with Crippen molar-refractivity contribution in [3.63, 3.8) is 0 Å². The number of aromatic nitrogens is 2. The molecule has 0 fully saturated rings. The Bertz CT molecular complexity index is 911. The number of hydrogen-bond acceptors (Lipinski definition) is 5. The number of nitrogens with zero attached hydrogens (tertiary/aromatic N) is 2. The first kappa shape index (κ1) is 14.5. The lowest BCUT2D eigenvalue weighted by Gasteiger charge is -2.05. The van der Waals surface area contributed by atoms with Gasteiger partial charge in [0.15, 0.2) is 0 Å². The summed E-state index contributed by atoms with van der Waals surface area (Å²) in [6.07, 6.45) is 1.68. The van der Waals surface area contributed by atoms with Gasteiger partial charge in [0.25, 0.3) is 5.56 Å². The molecule has 0 spiro atoms. The van der Waals surface area contributed by atoms with Gasteiger partial charge in [-0.15, -0.1) is 11.3 Å². The molecule has 0 N–H and O–H groups in total. The van der Waals surface area contributed by atoms with Crippen molar-refractivity contribution in [3.8, 4) is 0 Å². The zero-order chi connectivity index (χ0) is 15.7. The van der Waals surface area contributed by atoms with Crippen LogP contribution in [-0.2, 0) is 11.3 Å². The summed E-state index contributed by atoms with van der Waals surface area (Å²) in [5, 5.41) is 5.67. The molecule has 1 aromatic carbocycles. The number of ether oxygens (including phenoxy) is 1. The Hall–Kier alpha value is -2.47. The molecular weight excluding hydrogens is 300 g/mol. The predicted octanol–water partition coefficient (Wildman–Crippen LogP) is 2.60. The average molecular weight is 314 g/mol. The maximum Gasteiger partial charge on any atom is 0.348 e. The van der Waals surface area contributed by atoms with Crippen molar-refractivity contribution < 1.29 is 9.53 Å². The molecule has 0 amide bonds. The molecule has 0 aliphatic rings. The highest BCUT2D eigenvalue weighted by Crippen LogP contribution is 2.22.